The second-order valence-corrected chi connectivity index (χ2v) is 8.92. The number of hydrogen-bond donors (Lipinski definition) is 0. The lowest BCUT2D eigenvalue weighted by Gasteiger charge is -2.22. The molecule has 0 spiro atoms. The Hall–Kier alpha value is -3.29. The Labute approximate surface area is 190 Å². The summed E-state index contributed by atoms with van der Waals surface area (Å²) in [6.07, 6.45) is 0. The lowest BCUT2D eigenvalue weighted by atomic mass is 10.1. The molecule has 0 aromatic heterocycles. The van der Waals surface area contributed by atoms with Gasteiger partial charge in [-0.25, -0.2) is 0 Å². The van der Waals surface area contributed by atoms with E-state index in [1.54, 1.807) is 66.4 Å². The molecular weight excluding hydrogens is 424 g/mol. The van der Waals surface area contributed by atoms with Crippen LogP contribution in [0.2, 0.25) is 0 Å². The molecule has 2 amide bonds. The van der Waals surface area contributed by atoms with Gasteiger partial charge >= 0.3 is 0 Å². The van der Waals surface area contributed by atoms with Crippen molar-refractivity contribution in [2.45, 2.75) is 23.3 Å². The van der Waals surface area contributed by atoms with Crippen LogP contribution in [0.4, 0.5) is 5.69 Å². The first kappa shape index (κ1) is 21.9. The Kier molecular flexibility index (Phi) is 6.21. The van der Waals surface area contributed by atoms with Crippen LogP contribution in [-0.2, 0) is 17.7 Å². The summed E-state index contributed by atoms with van der Waals surface area (Å²) < 4.78 is 18.4. The number of carbonyl (C=O) groups excluding carboxylic acids is 2. The molecule has 3 aromatic carbocycles. The van der Waals surface area contributed by atoms with Crippen molar-refractivity contribution < 1.29 is 18.9 Å². The molecule has 164 valence electrons. The number of rotatable bonds is 5. The van der Waals surface area contributed by atoms with Gasteiger partial charge in [-0.15, -0.1) is 0 Å². The van der Waals surface area contributed by atoms with Crippen LogP contribution in [0, 0.1) is 0 Å². The highest BCUT2D eigenvalue weighted by atomic mass is 32.2. The van der Waals surface area contributed by atoms with Crippen molar-refractivity contribution in [3.63, 3.8) is 0 Å². The van der Waals surface area contributed by atoms with E-state index in [-0.39, 0.29) is 11.8 Å². The average molecular weight is 449 g/mol. The highest BCUT2D eigenvalue weighted by Crippen LogP contribution is 2.37. The molecule has 1 aliphatic rings. The van der Waals surface area contributed by atoms with Gasteiger partial charge in [0, 0.05) is 36.9 Å². The zero-order valence-corrected chi connectivity index (χ0v) is 19.0. The van der Waals surface area contributed by atoms with Gasteiger partial charge in [-0.3, -0.25) is 9.59 Å². The number of ether oxygens (including phenoxy) is 1. The van der Waals surface area contributed by atoms with Crippen LogP contribution in [0.15, 0.2) is 76.5 Å². The summed E-state index contributed by atoms with van der Waals surface area (Å²) in [5.41, 5.74) is 2.34. The minimum atomic E-state index is -1.52. The molecule has 6 nitrogen and oxygen atoms in total. The Morgan fingerprint density at radius 1 is 1.06 bits per heavy atom. The van der Waals surface area contributed by atoms with E-state index in [0.717, 1.165) is 11.3 Å². The Balaban J connectivity index is 1.66. The predicted molar refractivity (Wildman–Crippen MR) is 124 cm³/mol. The molecule has 7 heteroatoms. The Morgan fingerprint density at radius 3 is 2.47 bits per heavy atom. The monoisotopic (exact) mass is 448 g/mol. The number of methoxy groups -OCH3 is 1. The van der Waals surface area contributed by atoms with Gasteiger partial charge in [0.05, 0.1) is 12.7 Å². The molecule has 0 bridgehead atoms. The van der Waals surface area contributed by atoms with E-state index in [2.05, 4.69) is 0 Å². The Morgan fingerprint density at radius 2 is 1.78 bits per heavy atom. The van der Waals surface area contributed by atoms with Gasteiger partial charge in [-0.2, -0.15) is 0 Å². The van der Waals surface area contributed by atoms with Crippen LogP contribution >= 0.6 is 0 Å². The molecule has 0 saturated carbocycles. The first-order valence-corrected chi connectivity index (χ1v) is 11.4. The van der Waals surface area contributed by atoms with Crippen molar-refractivity contribution in [1.29, 1.82) is 0 Å². The van der Waals surface area contributed by atoms with Crippen LogP contribution in [0.25, 0.3) is 0 Å². The van der Waals surface area contributed by atoms with Crippen molar-refractivity contribution in [2.75, 3.05) is 25.6 Å². The summed E-state index contributed by atoms with van der Waals surface area (Å²) in [5, 5.41) is 0. The van der Waals surface area contributed by atoms with Gasteiger partial charge in [-0.1, -0.05) is 24.3 Å². The lowest BCUT2D eigenvalue weighted by Crippen LogP contribution is -2.31. The van der Waals surface area contributed by atoms with Crippen molar-refractivity contribution in [1.82, 2.24) is 4.90 Å². The number of nitrogens with zero attached hydrogens (tertiary/aromatic N) is 2. The van der Waals surface area contributed by atoms with E-state index in [9.17, 15) is 14.1 Å². The quantitative estimate of drug-likeness (QED) is 0.551. The van der Waals surface area contributed by atoms with Crippen molar-refractivity contribution in [3.8, 4) is 5.75 Å². The standard InChI is InChI=1S/C25H24N2O4S/c1-4-27-21-15-18(24(28)26(2)16-17-9-12-19(31-3)13-10-17)11-14-23(21)32(30)22-8-6-5-7-20(22)25(27)29/h5-15H,4,16H2,1-3H3. The third-order valence-electron chi connectivity index (χ3n) is 5.50. The normalized spacial score (nSPS) is 14.9. The molecule has 0 radical (unpaired) electrons. The van der Waals surface area contributed by atoms with Gasteiger partial charge in [0.25, 0.3) is 11.8 Å². The van der Waals surface area contributed by atoms with Crippen LogP contribution in [0.1, 0.15) is 33.2 Å². The Bertz CT molecular complexity index is 1160. The third-order valence-corrected chi connectivity index (χ3v) is 7.00. The maximum atomic E-state index is 13.3. The second-order valence-electron chi connectivity index (χ2n) is 7.51. The molecule has 32 heavy (non-hydrogen) atoms. The summed E-state index contributed by atoms with van der Waals surface area (Å²) in [6.45, 7) is 2.69. The lowest BCUT2D eigenvalue weighted by molar-refractivity contribution is 0.0784. The highest BCUT2D eigenvalue weighted by Gasteiger charge is 2.35. The first-order chi connectivity index (χ1) is 15.4. The zero-order chi connectivity index (χ0) is 22.8. The van der Waals surface area contributed by atoms with Crippen molar-refractivity contribution >= 4 is 28.7 Å². The van der Waals surface area contributed by atoms with Crippen LogP contribution < -0.4 is 9.64 Å². The molecule has 1 unspecified atom stereocenters. The smallest absolute Gasteiger partial charge is 0.263 e. The maximum Gasteiger partial charge on any atom is 0.263 e. The molecule has 1 atom stereocenters. The van der Waals surface area contributed by atoms with E-state index in [1.807, 2.05) is 31.2 Å². The second kappa shape index (κ2) is 9.06. The van der Waals surface area contributed by atoms with Crippen LogP contribution in [-0.4, -0.2) is 42.0 Å². The van der Waals surface area contributed by atoms with E-state index in [4.69, 9.17) is 4.74 Å². The van der Waals surface area contributed by atoms with Gasteiger partial charge in [0.15, 0.2) is 9.79 Å². The number of benzene rings is 3. The zero-order valence-electron chi connectivity index (χ0n) is 18.2. The van der Waals surface area contributed by atoms with Crippen molar-refractivity contribution in [3.05, 3.63) is 83.4 Å². The molecule has 0 N–H and O–H groups in total. The summed E-state index contributed by atoms with van der Waals surface area (Å²) in [5.74, 6) is 0.359. The molecule has 0 saturated heterocycles. The predicted octanol–water partition coefficient (Wildman–Crippen LogP) is 4.11. The number of carbonyl (C=O) groups is 2. The molecule has 1 aliphatic heterocycles. The summed E-state index contributed by atoms with van der Waals surface area (Å²) >= 11 is -1.52. The molecule has 1 heterocycles. The summed E-state index contributed by atoms with van der Waals surface area (Å²) in [6, 6.07) is 19.5. The fraction of sp³-hybridized carbons (Fsp3) is 0.200. The minimum Gasteiger partial charge on any atom is -0.606 e. The van der Waals surface area contributed by atoms with Crippen LogP contribution in [0.5, 0.6) is 5.75 Å². The van der Waals surface area contributed by atoms with Gasteiger partial charge in [-0.05, 0) is 55.0 Å². The van der Waals surface area contributed by atoms with E-state index in [0.29, 0.717) is 39.7 Å². The van der Waals surface area contributed by atoms with Crippen LogP contribution in [0.3, 0.4) is 0 Å². The number of fused-ring (bicyclic) bond motifs is 2. The molecule has 3 aromatic rings. The average Bonchev–Trinajstić information content (AvgIpc) is 2.91. The maximum absolute atomic E-state index is 13.3. The fourth-order valence-corrected chi connectivity index (χ4v) is 5.15. The molecule has 0 aliphatic carbocycles. The van der Waals surface area contributed by atoms with Gasteiger partial charge in [0.2, 0.25) is 0 Å². The number of amides is 2. The third kappa shape index (κ3) is 3.97. The topological polar surface area (TPSA) is 72.9 Å². The summed E-state index contributed by atoms with van der Waals surface area (Å²) in [4.78, 5) is 30.5. The van der Waals surface area contributed by atoms with Gasteiger partial charge < -0.3 is 19.1 Å². The molecule has 4 rings (SSSR count). The minimum absolute atomic E-state index is 0.181. The van der Waals surface area contributed by atoms with E-state index >= 15 is 0 Å². The van der Waals surface area contributed by atoms with E-state index in [1.165, 1.54) is 0 Å². The first-order valence-electron chi connectivity index (χ1n) is 10.3. The molecular formula is C25H24N2O4S. The number of hydrogen-bond acceptors (Lipinski definition) is 4. The SMILES string of the molecule is CCN1C(=O)c2ccccc2[S+]([O-])c2ccc(C(=O)N(C)Cc3ccc(OC)cc3)cc21. The van der Waals surface area contributed by atoms with Gasteiger partial charge in [0.1, 0.15) is 11.4 Å². The molecule has 0 fully saturated rings. The fourth-order valence-electron chi connectivity index (χ4n) is 3.81. The van der Waals surface area contributed by atoms with E-state index < -0.39 is 11.2 Å². The largest absolute Gasteiger partial charge is 0.606 e. The van der Waals surface area contributed by atoms with Crippen molar-refractivity contribution in [2.24, 2.45) is 0 Å². The number of anilines is 1. The summed E-state index contributed by atoms with van der Waals surface area (Å²) in [7, 11) is 3.34. The highest BCUT2D eigenvalue weighted by molar-refractivity contribution is 7.91.